The molecule has 0 aliphatic heterocycles. The second-order valence-electron chi connectivity index (χ2n) is 11.5. The van der Waals surface area contributed by atoms with Crippen LogP contribution >= 0.6 is 0 Å². The Morgan fingerprint density at radius 3 is 1.65 bits per heavy atom. The lowest BCUT2D eigenvalue weighted by Gasteiger charge is -2.43. The van der Waals surface area contributed by atoms with Crippen molar-refractivity contribution in [3.63, 3.8) is 0 Å². The first-order chi connectivity index (χ1) is 16.8. The molecule has 0 amide bonds. The molecule has 4 aromatic rings. The summed E-state index contributed by atoms with van der Waals surface area (Å²) in [5.74, 6) is 8.04. The van der Waals surface area contributed by atoms with Crippen molar-refractivity contribution in [1.82, 2.24) is 0 Å². The molecule has 0 radical (unpaired) electrons. The van der Waals surface area contributed by atoms with Gasteiger partial charge in [-0.15, -0.1) is 0 Å². The molecule has 9 rings (SSSR count). The summed E-state index contributed by atoms with van der Waals surface area (Å²) >= 11 is 0. The normalized spacial score (nSPS) is 35.1. The molecule has 8 atom stereocenters. The van der Waals surface area contributed by atoms with Gasteiger partial charge in [-0.2, -0.15) is 0 Å². The average Bonchev–Trinajstić information content (AvgIpc) is 3.67. The Kier molecular flexibility index (Phi) is 3.22. The zero-order valence-corrected chi connectivity index (χ0v) is 19.6. The first kappa shape index (κ1) is 18.3. The molecule has 0 aromatic heterocycles. The maximum absolute atomic E-state index is 6.18. The first-order valence-electron chi connectivity index (χ1n) is 13.0. The second kappa shape index (κ2) is 5.97. The zero-order chi connectivity index (χ0) is 22.3. The van der Waals surface area contributed by atoms with Crippen molar-refractivity contribution >= 4 is 21.5 Å². The summed E-state index contributed by atoms with van der Waals surface area (Å²) in [6.07, 6.45) is 2.69. The van der Waals surface area contributed by atoms with Gasteiger partial charge in [0.05, 0.1) is 14.2 Å². The van der Waals surface area contributed by atoms with E-state index >= 15 is 0 Å². The molecule has 3 saturated carbocycles. The maximum atomic E-state index is 6.18. The van der Waals surface area contributed by atoms with Crippen LogP contribution in [0.1, 0.15) is 58.8 Å². The largest absolute Gasteiger partial charge is 0.496 e. The van der Waals surface area contributed by atoms with Gasteiger partial charge >= 0.3 is 0 Å². The Morgan fingerprint density at radius 2 is 1.15 bits per heavy atom. The summed E-state index contributed by atoms with van der Waals surface area (Å²) in [4.78, 5) is 0. The fourth-order valence-corrected chi connectivity index (χ4v) is 10.2. The van der Waals surface area contributed by atoms with Gasteiger partial charge in [0.1, 0.15) is 11.5 Å². The van der Waals surface area contributed by atoms with E-state index in [0.29, 0.717) is 23.7 Å². The molecule has 168 valence electrons. The van der Waals surface area contributed by atoms with Crippen LogP contribution in [0.4, 0.5) is 0 Å². The number of rotatable bonds is 2. The lowest BCUT2D eigenvalue weighted by Crippen LogP contribution is -2.34. The Hall–Kier alpha value is -3.00. The molecular formula is C32H28O2. The van der Waals surface area contributed by atoms with Crippen LogP contribution in [-0.4, -0.2) is 14.2 Å². The van der Waals surface area contributed by atoms with E-state index in [1.54, 1.807) is 16.5 Å². The molecule has 0 N–H and O–H groups in total. The van der Waals surface area contributed by atoms with Gasteiger partial charge in [0.25, 0.3) is 0 Å². The first-order valence-corrected chi connectivity index (χ1v) is 13.0. The van der Waals surface area contributed by atoms with Gasteiger partial charge < -0.3 is 9.47 Å². The minimum Gasteiger partial charge on any atom is -0.496 e. The lowest BCUT2D eigenvalue weighted by atomic mass is 9.61. The predicted molar refractivity (Wildman–Crippen MR) is 135 cm³/mol. The second-order valence-corrected chi connectivity index (χ2v) is 11.5. The van der Waals surface area contributed by atoms with Crippen LogP contribution in [0.25, 0.3) is 21.5 Å². The van der Waals surface area contributed by atoms with Gasteiger partial charge in [-0.3, -0.25) is 0 Å². The molecule has 5 aliphatic carbocycles. The Balaban J connectivity index is 1.27. The summed E-state index contributed by atoms with van der Waals surface area (Å²) in [7, 11) is 3.73. The Labute approximate surface area is 199 Å². The van der Waals surface area contributed by atoms with E-state index in [4.69, 9.17) is 9.47 Å². The lowest BCUT2D eigenvalue weighted by molar-refractivity contribution is 0.174. The fraction of sp³-hybridized carbons (Fsp3) is 0.375. The molecule has 4 bridgehead atoms. The number of benzene rings is 4. The van der Waals surface area contributed by atoms with Crippen molar-refractivity contribution in [1.29, 1.82) is 0 Å². The van der Waals surface area contributed by atoms with Crippen molar-refractivity contribution < 1.29 is 9.47 Å². The summed E-state index contributed by atoms with van der Waals surface area (Å²) in [5, 5.41) is 5.45. The van der Waals surface area contributed by atoms with Crippen molar-refractivity contribution in [3.8, 4) is 11.5 Å². The molecule has 3 fully saturated rings. The molecule has 0 spiro atoms. The number of methoxy groups -OCH3 is 2. The highest BCUT2D eigenvalue weighted by Crippen LogP contribution is 2.80. The number of hydrogen-bond donors (Lipinski definition) is 0. The predicted octanol–water partition coefficient (Wildman–Crippen LogP) is 7.36. The molecule has 5 aliphatic rings. The minimum atomic E-state index is 0.609. The summed E-state index contributed by atoms with van der Waals surface area (Å²) in [5.41, 5.74) is 6.27. The number of fused-ring (bicyclic) bond motifs is 18. The van der Waals surface area contributed by atoms with Crippen LogP contribution in [0.15, 0.2) is 60.7 Å². The number of hydrogen-bond acceptors (Lipinski definition) is 2. The Morgan fingerprint density at radius 1 is 0.618 bits per heavy atom. The number of ether oxygens (including phenoxy) is 2. The third-order valence-corrected chi connectivity index (χ3v) is 10.8. The van der Waals surface area contributed by atoms with Crippen LogP contribution in [0.3, 0.4) is 0 Å². The highest BCUT2D eigenvalue weighted by molar-refractivity contribution is 5.97. The third kappa shape index (κ3) is 1.81. The van der Waals surface area contributed by atoms with E-state index in [1.165, 1.54) is 40.1 Å². The van der Waals surface area contributed by atoms with Gasteiger partial charge in [-0.25, -0.2) is 0 Å². The fourth-order valence-electron chi connectivity index (χ4n) is 10.2. The van der Waals surface area contributed by atoms with Crippen molar-refractivity contribution in [2.45, 2.75) is 36.5 Å². The third-order valence-electron chi connectivity index (χ3n) is 10.8. The molecule has 2 nitrogen and oxygen atoms in total. The van der Waals surface area contributed by atoms with Gasteiger partial charge in [-0.1, -0.05) is 60.7 Å². The van der Waals surface area contributed by atoms with Crippen molar-refractivity contribution in [2.75, 3.05) is 14.2 Å². The van der Waals surface area contributed by atoms with E-state index < -0.39 is 0 Å². The topological polar surface area (TPSA) is 18.5 Å². The molecule has 34 heavy (non-hydrogen) atoms. The van der Waals surface area contributed by atoms with Crippen molar-refractivity contribution in [3.05, 3.63) is 82.9 Å². The van der Waals surface area contributed by atoms with E-state index in [1.807, 2.05) is 14.2 Å². The molecule has 0 unspecified atom stereocenters. The Bertz CT molecular complexity index is 1440. The zero-order valence-electron chi connectivity index (χ0n) is 19.6. The summed E-state index contributed by atoms with van der Waals surface area (Å²) in [6, 6.07) is 22.8. The van der Waals surface area contributed by atoms with Gasteiger partial charge in [0, 0.05) is 21.9 Å². The van der Waals surface area contributed by atoms with Crippen LogP contribution in [-0.2, 0) is 0 Å². The van der Waals surface area contributed by atoms with E-state index in [0.717, 1.165) is 35.2 Å². The summed E-state index contributed by atoms with van der Waals surface area (Å²) in [6.45, 7) is 0. The van der Waals surface area contributed by atoms with Crippen LogP contribution in [0.5, 0.6) is 11.5 Å². The van der Waals surface area contributed by atoms with Gasteiger partial charge in [0.15, 0.2) is 0 Å². The smallest absolute Gasteiger partial charge is 0.130 e. The van der Waals surface area contributed by atoms with Gasteiger partial charge in [-0.05, 0) is 82.1 Å². The highest BCUT2D eigenvalue weighted by Gasteiger charge is 2.69. The van der Waals surface area contributed by atoms with E-state index in [9.17, 15) is 0 Å². The minimum absolute atomic E-state index is 0.609. The van der Waals surface area contributed by atoms with Gasteiger partial charge in [0.2, 0.25) is 0 Å². The molecular weight excluding hydrogens is 416 g/mol. The molecule has 0 heterocycles. The van der Waals surface area contributed by atoms with E-state index in [-0.39, 0.29) is 0 Å². The van der Waals surface area contributed by atoms with Crippen LogP contribution in [0.2, 0.25) is 0 Å². The summed E-state index contributed by atoms with van der Waals surface area (Å²) < 4.78 is 12.4. The van der Waals surface area contributed by atoms with Crippen LogP contribution < -0.4 is 9.47 Å². The quantitative estimate of drug-likeness (QED) is 0.301. The van der Waals surface area contributed by atoms with Crippen molar-refractivity contribution in [2.24, 2.45) is 23.7 Å². The molecule has 2 heteroatoms. The monoisotopic (exact) mass is 444 g/mol. The standard InChI is InChI=1S/C32H28O2/c1-33-31-16-9-3-4-10-17(16)32(34-2)30-23-14-22(29(30)31)27-20-13-21(28(23)27)26-19-12-6-8-15-7-5-11-18(24(15)19)25(20)26/h3-12,20-23,25-28H,13-14H2,1-2H3/t20-,21+,22-,23+,25+,26-,27+,28-. The SMILES string of the molecule is COc1c2c(c(OC)c3ccccc13)[C@@H]1C[C@H]2[C@H]2[C@H]3C[C@H]([C@@H]4c5cccc6cccc(c56)[C@H]34)[C@H]21. The maximum Gasteiger partial charge on any atom is 0.130 e. The molecule has 0 saturated heterocycles. The van der Waals surface area contributed by atoms with E-state index in [2.05, 4.69) is 60.7 Å². The average molecular weight is 445 g/mol. The molecule has 4 aromatic carbocycles. The van der Waals surface area contributed by atoms with Crippen LogP contribution in [0, 0.1) is 23.7 Å². The highest BCUT2D eigenvalue weighted by atomic mass is 16.5.